The predicted molar refractivity (Wildman–Crippen MR) is 201 cm³/mol. The van der Waals surface area contributed by atoms with E-state index in [1.807, 2.05) is 117 Å². The zero-order chi connectivity index (χ0) is 36.6. The Balaban J connectivity index is 1.32. The van der Waals surface area contributed by atoms with Crippen LogP contribution in [0.5, 0.6) is 5.75 Å². The number of aliphatic hydroxyl groups excluding tert-OH is 1. The maximum absolute atomic E-state index is 15.2. The molecule has 3 amide bonds. The van der Waals surface area contributed by atoms with E-state index in [9.17, 15) is 9.90 Å². The van der Waals surface area contributed by atoms with Gasteiger partial charge in [0.25, 0.3) is 5.91 Å². The van der Waals surface area contributed by atoms with Gasteiger partial charge in [0.15, 0.2) is 0 Å². The number of benzene rings is 3. The number of anilines is 3. The van der Waals surface area contributed by atoms with Gasteiger partial charge >= 0.3 is 0 Å². The highest BCUT2D eigenvalue weighted by atomic mass is 16.5. The third-order valence-corrected chi connectivity index (χ3v) is 11.2. The Morgan fingerprint density at radius 3 is 2.04 bits per heavy atom. The maximum atomic E-state index is 15.2. The fraction of sp³-hybridized carbons (Fsp3) is 0.405. The molecule has 1 N–H and O–H groups in total. The Hall–Kier alpha value is -4.93. The van der Waals surface area contributed by atoms with Crippen molar-refractivity contribution < 1.29 is 29.0 Å². The molecule has 10 nitrogen and oxygen atoms in total. The first-order chi connectivity index (χ1) is 25.2. The molecular weight excluding hydrogens is 656 g/mol. The zero-order valence-electron chi connectivity index (χ0n) is 30.4. The van der Waals surface area contributed by atoms with Crippen LogP contribution in [-0.2, 0) is 25.5 Å². The van der Waals surface area contributed by atoms with Crippen LogP contribution in [0, 0.1) is 11.8 Å². The second kappa shape index (κ2) is 14.2. The zero-order valence-corrected chi connectivity index (χ0v) is 30.4. The van der Waals surface area contributed by atoms with Crippen LogP contribution in [0.25, 0.3) is 0 Å². The Labute approximate surface area is 305 Å². The smallest absolute Gasteiger partial charge is 0.253 e. The molecule has 0 aliphatic carbocycles. The Morgan fingerprint density at radius 2 is 1.42 bits per heavy atom. The summed E-state index contributed by atoms with van der Waals surface area (Å²) in [6.45, 7) is 10.4. The number of nitrogens with zero attached hydrogens (tertiary/aromatic N) is 4. The summed E-state index contributed by atoms with van der Waals surface area (Å²) in [6, 6.07) is 23.0. The molecule has 2 saturated heterocycles. The van der Waals surface area contributed by atoms with E-state index in [1.165, 1.54) is 4.90 Å². The van der Waals surface area contributed by atoms with Gasteiger partial charge in [-0.3, -0.25) is 14.4 Å². The number of rotatable bonds is 11. The number of amides is 3. The molecule has 7 rings (SSSR count). The van der Waals surface area contributed by atoms with E-state index < -0.39 is 35.1 Å². The number of fused-ring (bicyclic) bond motifs is 2. The standard InChI is InChI=1S/C42H48N4O6/c1-5-43(6-2)30-15-17-31(18-16-30)45-26-12-24-42-36(39(49)46(37(42)40(45)50)33(28-47)27-29-13-9-8-10-14-29)35-38(48)44(25-11-23-41(35,4)52-42)32-19-21-34(22-20-32)51-7-3/h8-24,33,35-37,47H,5-7,25-28H2,1-4H3/t33-,35-,36+,37?,41+,42+/m1/s1. The van der Waals surface area contributed by atoms with Crippen molar-refractivity contribution in [3.05, 3.63) is 109 Å². The SMILES string of the molecule is CCOc1ccc(N2CC=C[C@]3(C)O[C@]45C=CCN(c6ccc(N(CC)CC)cc6)C(=O)C4N([C@@H](CO)Cc4ccccc4)C(=O)[C@@H]5[C@@H]3C2=O)cc1. The highest BCUT2D eigenvalue weighted by Crippen LogP contribution is 2.58. The van der Waals surface area contributed by atoms with Gasteiger partial charge in [0.2, 0.25) is 11.8 Å². The Bertz CT molecular complexity index is 1840. The minimum atomic E-state index is -1.46. The third-order valence-electron chi connectivity index (χ3n) is 11.2. The summed E-state index contributed by atoms with van der Waals surface area (Å²) < 4.78 is 12.7. The maximum Gasteiger partial charge on any atom is 0.253 e. The molecule has 10 heteroatoms. The molecular formula is C42H48N4O6. The number of hydrogen-bond acceptors (Lipinski definition) is 7. The first kappa shape index (κ1) is 35.5. The lowest BCUT2D eigenvalue weighted by atomic mass is 9.74. The quantitative estimate of drug-likeness (QED) is 0.280. The molecule has 3 aromatic carbocycles. The van der Waals surface area contributed by atoms with Crippen molar-refractivity contribution in [3.63, 3.8) is 0 Å². The van der Waals surface area contributed by atoms with Crippen LogP contribution < -0.4 is 19.4 Å². The summed E-state index contributed by atoms with van der Waals surface area (Å²) in [5.74, 6) is -2.21. The Kier molecular flexibility index (Phi) is 9.71. The molecule has 52 heavy (non-hydrogen) atoms. The number of aliphatic hydroxyl groups is 1. The average molecular weight is 705 g/mol. The molecule has 0 bridgehead atoms. The van der Waals surface area contributed by atoms with E-state index in [1.54, 1.807) is 9.80 Å². The summed E-state index contributed by atoms with van der Waals surface area (Å²) in [7, 11) is 0. The molecule has 0 radical (unpaired) electrons. The van der Waals surface area contributed by atoms with Crippen LogP contribution >= 0.6 is 0 Å². The van der Waals surface area contributed by atoms with Gasteiger partial charge in [-0.25, -0.2) is 0 Å². The molecule has 6 atom stereocenters. The van der Waals surface area contributed by atoms with Gasteiger partial charge in [0.05, 0.1) is 36.7 Å². The summed E-state index contributed by atoms with van der Waals surface area (Å²) in [4.78, 5) is 52.3. The van der Waals surface area contributed by atoms with Crippen LogP contribution in [0.3, 0.4) is 0 Å². The van der Waals surface area contributed by atoms with Crippen LogP contribution in [0.15, 0.2) is 103 Å². The normalized spacial score (nSPS) is 27.2. The van der Waals surface area contributed by atoms with E-state index in [0.29, 0.717) is 36.7 Å². The molecule has 2 fully saturated rings. The molecule has 0 saturated carbocycles. The number of carbonyl (C=O) groups is 3. The predicted octanol–water partition coefficient (Wildman–Crippen LogP) is 5.01. The van der Waals surface area contributed by atoms with Crippen molar-refractivity contribution in [1.29, 1.82) is 0 Å². The Morgan fingerprint density at radius 1 is 0.808 bits per heavy atom. The van der Waals surface area contributed by atoms with Crippen molar-refractivity contribution in [3.8, 4) is 5.75 Å². The molecule has 1 unspecified atom stereocenters. The van der Waals surface area contributed by atoms with Crippen LogP contribution in [0.4, 0.5) is 17.1 Å². The lowest BCUT2D eigenvalue weighted by Gasteiger charge is -2.40. The van der Waals surface area contributed by atoms with Gasteiger partial charge < -0.3 is 34.2 Å². The fourth-order valence-corrected chi connectivity index (χ4v) is 8.78. The van der Waals surface area contributed by atoms with Gasteiger partial charge in [-0.1, -0.05) is 54.6 Å². The van der Waals surface area contributed by atoms with Gasteiger partial charge in [-0.05, 0) is 88.2 Å². The lowest BCUT2D eigenvalue weighted by Crippen LogP contribution is -2.59. The molecule has 0 aromatic heterocycles. The minimum absolute atomic E-state index is 0.256. The molecule has 4 aliphatic heterocycles. The highest BCUT2D eigenvalue weighted by molar-refractivity contribution is 6.07. The van der Waals surface area contributed by atoms with Crippen molar-refractivity contribution in [2.24, 2.45) is 11.8 Å². The summed E-state index contributed by atoms with van der Waals surface area (Å²) >= 11 is 0. The second-order valence-electron chi connectivity index (χ2n) is 14.1. The van der Waals surface area contributed by atoms with E-state index in [0.717, 1.165) is 24.3 Å². The van der Waals surface area contributed by atoms with Crippen LogP contribution in [-0.4, -0.2) is 90.4 Å². The van der Waals surface area contributed by atoms with Crippen LogP contribution in [0.1, 0.15) is 33.3 Å². The monoisotopic (exact) mass is 704 g/mol. The fourth-order valence-electron chi connectivity index (χ4n) is 8.78. The molecule has 4 heterocycles. The minimum Gasteiger partial charge on any atom is -0.494 e. The summed E-state index contributed by atoms with van der Waals surface area (Å²) in [5.41, 5.74) is 0.695. The van der Waals surface area contributed by atoms with E-state index >= 15 is 9.59 Å². The first-order valence-electron chi connectivity index (χ1n) is 18.4. The van der Waals surface area contributed by atoms with E-state index in [-0.39, 0.29) is 30.9 Å². The molecule has 3 aromatic rings. The highest BCUT2D eigenvalue weighted by Gasteiger charge is 2.75. The number of carbonyl (C=O) groups excluding carboxylic acids is 3. The van der Waals surface area contributed by atoms with Gasteiger partial charge in [0, 0.05) is 43.2 Å². The number of hydrogen-bond donors (Lipinski definition) is 1. The third kappa shape index (κ3) is 5.87. The number of ether oxygens (including phenoxy) is 2. The number of likely N-dealkylation sites (tertiary alicyclic amines) is 1. The second-order valence-corrected chi connectivity index (χ2v) is 14.1. The van der Waals surface area contributed by atoms with Crippen LogP contribution in [0.2, 0.25) is 0 Å². The van der Waals surface area contributed by atoms with E-state index in [2.05, 4.69) is 18.7 Å². The van der Waals surface area contributed by atoms with Crippen molar-refractivity contribution in [1.82, 2.24) is 4.90 Å². The van der Waals surface area contributed by atoms with Crippen molar-refractivity contribution in [2.75, 3.05) is 54.1 Å². The molecule has 4 aliphatic rings. The van der Waals surface area contributed by atoms with E-state index in [4.69, 9.17) is 9.47 Å². The lowest BCUT2D eigenvalue weighted by molar-refractivity contribution is -0.147. The topological polar surface area (TPSA) is 103 Å². The van der Waals surface area contributed by atoms with Gasteiger partial charge in [-0.15, -0.1) is 0 Å². The largest absolute Gasteiger partial charge is 0.494 e. The summed E-state index contributed by atoms with van der Waals surface area (Å²) in [6.07, 6.45) is 7.85. The average Bonchev–Trinajstić information content (AvgIpc) is 3.43. The van der Waals surface area contributed by atoms with Crippen molar-refractivity contribution in [2.45, 2.75) is 57.4 Å². The molecule has 272 valence electrons. The van der Waals surface area contributed by atoms with Gasteiger partial charge in [0.1, 0.15) is 17.4 Å². The van der Waals surface area contributed by atoms with Crippen molar-refractivity contribution >= 4 is 34.8 Å². The van der Waals surface area contributed by atoms with Gasteiger partial charge in [-0.2, -0.15) is 0 Å². The first-order valence-corrected chi connectivity index (χ1v) is 18.4. The molecule has 1 spiro atoms. The summed E-state index contributed by atoms with van der Waals surface area (Å²) in [5, 5.41) is 10.9.